The summed E-state index contributed by atoms with van der Waals surface area (Å²) in [6.07, 6.45) is 0.423. The van der Waals surface area contributed by atoms with Gasteiger partial charge in [-0.25, -0.2) is 0 Å². The van der Waals surface area contributed by atoms with Crippen LogP contribution in [0.25, 0.3) is 0 Å². The van der Waals surface area contributed by atoms with Crippen molar-refractivity contribution in [2.75, 3.05) is 13.2 Å². The first-order valence-electron chi connectivity index (χ1n) is 8.26. The van der Waals surface area contributed by atoms with E-state index in [4.69, 9.17) is 10.6 Å². The standard InChI is InChI=1S/C19H19N3O4/c20-16(12-13-6-2-1-3-7-13)17(23)21-10-11-26-22-18(24)14-8-4-5-9-15(14)19(22)25/h1-9,16H,10-12,20H2,(H,21,23). The molecular formula is C19H19N3O4. The molecule has 7 nitrogen and oxygen atoms in total. The number of nitrogens with one attached hydrogen (secondary N) is 1. The van der Waals surface area contributed by atoms with Gasteiger partial charge in [0.15, 0.2) is 0 Å². The number of imide groups is 1. The molecule has 0 fully saturated rings. The summed E-state index contributed by atoms with van der Waals surface area (Å²) in [7, 11) is 0. The van der Waals surface area contributed by atoms with Crippen LogP contribution in [0.4, 0.5) is 0 Å². The van der Waals surface area contributed by atoms with Crippen molar-refractivity contribution in [1.29, 1.82) is 0 Å². The molecule has 0 saturated heterocycles. The van der Waals surface area contributed by atoms with Crippen molar-refractivity contribution >= 4 is 17.7 Å². The Morgan fingerprint density at radius 2 is 1.58 bits per heavy atom. The van der Waals surface area contributed by atoms with Gasteiger partial charge in [-0.05, 0) is 24.1 Å². The van der Waals surface area contributed by atoms with Crippen molar-refractivity contribution in [2.45, 2.75) is 12.5 Å². The maximum atomic E-state index is 12.1. The van der Waals surface area contributed by atoms with E-state index in [1.807, 2.05) is 30.3 Å². The van der Waals surface area contributed by atoms with Gasteiger partial charge in [0.25, 0.3) is 11.8 Å². The second-order valence-electron chi connectivity index (χ2n) is 5.87. The molecule has 0 radical (unpaired) electrons. The number of carbonyl (C=O) groups is 3. The van der Waals surface area contributed by atoms with Gasteiger partial charge in [0.2, 0.25) is 5.91 Å². The van der Waals surface area contributed by atoms with Crippen LogP contribution in [0, 0.1) is 0 Å². The normalized spacial score (nSPS) is 14.3. The minimum Gasteiger partial charge on any atom is -0.352 e. The lowest BCUT2D eigenvalue weighted by atomic mass is 10.1. The molecule has 2 aromatic rings. The minimum atomic E-state index is -0.684. The summed E-state index contributed by atoms with van der Waals surface area (Å²) in [6.45, 7) is 0.115. The minimum absolute atomic E-state index is 0.0186. The summed E-state index contributed by atoms with van der Waals surface area (Å²) in [5, 5.41) is 3.36. The van der Waals surface area contributed by atoms with Crippen LogP contribution in [0.3, 0.4) is 0 Å². The third-order valence-electron chi connectivity index (χ3n) is 4.01. The van der Waals surface area contributed by atoms with Crippen molar-refractivity contribution in [3.63, 3.8) is 0 Å². The number of hydrogen-bond acceptors (Lipinski definition) is 5. The van der Waals surface area contributed by atoms with E-state index in [2.05, 4.69) is 5.32 Å². The number of fused-ring (bicyclic) bond motifs is 1. The maximum Gasteiger partial charge on any atom is 0.285 e. The lowest BCUT2D eigenvalue weighted by molar-refractivity contribution is -0.123. The monoisotopic (exact) mass is 353 g/mol. The molecule has 1 aliphatic rings. The maximum absolute atomic E-state index is 12.1. The molecule has 1 heterocycles. The Kier molecular flexibility index (Phi) is 5.40. The molecule has 1 atom stereocenters. The molecule has 0 aromatic heterocycles. The van der Waals surface area contributed by atoms with E-state index in [0.29, 0.717) is 17.5 Å². The number of nitrogens with two attached hydrogens (primary N) is 1. The first-order chi connectivity index (χ1) is 12.6. The molecule has 0 aliphatic carbocycles. The Labute approximate surface area is 150 Å². The summed E-state index contributed by atoms with van der Waals surface area (Å²) >= 11 is 0. The zero-order chi connectivity index (χ0) is 18.5. The van der Waals surface area contributed by atoms with Crippen LogP contribution in [0.1, 0.15) is 26.3 Å². The van der Waals surface area contributed by atoms with E-state index in [-0.39, 0.29) is 19.1 Å². The largest absolute Gasteiger partial charge is 0.352 e. The third-order valence-corrected chi connectivity index (χ3v) is 4.01. The third kappa shape index (κ3) is 3.79. The van der Waals surface area contributed by atoms with E-state index in [9.17, 15) is 14.4 Å². The van der Waals surface area contributed by atoms with Crippen molar-refractivity contribution < 1.29 is 19.2 Å². The summed E-state index contributed by atoms with van der Waals surface area (Å²) in [5.74, 6) is -1.32. The molecule has 2 aromatic carbocycles. The zero-order valence-corrected chi connectivity index (χ0v) is 14.1. The molecule has 0 saturated carbocycles. The zero-order valence-electron chi connectivity index (χ0n) is 14.1. The van der Waals surface area contributed by atoms with E-state index < -0.39 is 17.9 Å². The Morgan fingerprint density at radius 3 is 2.19 bits per heavy atom. The Hall–Kier alpha value is -3.03. The van der Waals surface area contributed by atoms with Gasteiger partial charge in [0.05, 0.1) is 23.8 Å². The number of benzene rings is 2. The smallest absolute Gasteiger partial charge is 0.285 e. The fraction of sp³-hybridized carbons (Fsp3) is 0.211. The van der Waals surface area contributed by atoms with Gasteiger partial charge in [-0.3, -0.25) is 19.2 Å². The van der Waals surface area contributed by atoms with Crippen LogP contribution < -0.4 is 11.1 Å². The highest BCUT2D eigenvalue weighted by Crippen LogP contribution is 2.22. The highest BCUT2D eigenvalue weighted by atomic mass is 16.7. The van der Waals surface area contributed by atoms with E-state index >= 15 is 0 Å². The Bertz CT molecular complexity index is 788. The van der Waals surface area contributed by atoms with Crippen LogP contribution in [0.15, 0.2) is 54.6 Å². The molecule has 134 valence electrons. The number of rotatable bonds is 7. The lowest BCUT2D eigenvalue weighted by Crippen LogP contribution is -2.43. The van der Waals surface area contributed by atoms with Crippen molar-refractivity contribution in [2.24, 2.45) is 5.73 Å². The molecule has 3 N–H and O–H groups in total. The van der Waals surface area contributed by atoms with E-state index in [0.717, 1.165) is 10.6 Å². The first kappa shape index (κ1) is 17.8. The van der Waals surface area contributed by atoms with Crippen LogP contribution in [0.2, 0.25) is 0 Å². The van der Waals surface area contributed by atoms with Crippen molar-refractivity contribution in [3.05, 3.63) is 71.3 Å². The molecule has 0 spiro atoms. The van der Waals surface area contributed by atoms with Crippen molar-refractivity contribution in [1.82, 2.24) is 10.4 Å². The number of hydroxylamine groups is 2. The number of amides is 3. The molecule has 3 amide bonds. The fourth-order valence-corrected chi connectivity index (χ4v) is 2.69. The highest BCUT2D eigenvalue weighted by molar-refractivity contribution is 6.20. The lowest BCUT2D eigenvalue weighted by Gasteiger charge is -2.15. The molecule has 1 aliphatic heterocycles. The molecule has 26 heavy (non-hydrogen) atoms. The molecular weight excluding hydrogens is 334 g/mol. The number of hydrogen-bond donors (Lipinski definition) is 2. The molecule has 0 bridgehead atoms. The predicted molar refractivity (Wildman–Crippen MR) is 94.0 cm³/mol. The van der Waals surface area contributed by atoms with Gasteiger partial charge in [-0.2, -0.15) is 0 Å². The Balaban J connectivity index is 1.44. The molecule has 3 rings (SSSR count). The first-order valence-corrected chi connectivity index (χ1v) is 8.26. The topological polar surface area (TPSA) is 102 Å². The quantitative estimate of drug-likeness (QED) is 0.569. The molecule has 1 unspecified atom stereocenters. The molecule has 7 heteroatoms. The number of carbonyl (C=O) groups excluding carboxylic acids is 3. The predicted octanol–water partition coefficient (Wildman–Crippen LogP) is 0.900. The summed E-state index contributed by atoms with van der Waals surface area (Å²) in [4.78, 5) is 41.5. The number of nitrogens with zero attached hydrogens (tertiary/aromatic N) is 1. The summed E-state index contributed by atoms with van der Waals surface area (Å²) < 4.78 is 0. The second-order valence-corrected chi connectivity index (χ2v) is 5.87. The fourth-order valence-electron chi connectivity index (χ4n) is 2.69. The summed E-state index contributed by atoms with van der Waals surface area (Å²) in [5.41, 5.74) is 7.48. The van der Waals surface area contributed by atoms with Gasteiger partial charge < -0.3 is 11.1 Å². The van der Waals surface area contributed by atoms with E-state index in [1.54, 1.807) is 24.3 Å². The van der Waals surface area contributed by atoms with Crippen molar-refractivity contribution in [3.8, 4) is 0 Å². The van der Waals surface area contributed by atoms with Gasteiger partial charge in [-0.15, -0.1) is 5.06 Å². The van der Waals surface area contributed by atoms with Crippen LogP contribution in [0.5, 0.6) is 0 Å². The average molecular weight is 353 g/mol. The van der Waals surface area contributed by atoms with Gasteiger partial charge in [0.1, 0.15) is 0 Å². The Morgan fingerprint density at radius 1 is 1.00 bits per heavy atom. The van der Waals surface area contributed by atoms with Crippen LogP contribution >= 0.6 is 0 Å². The highest BCUT2D eigenvalue weighted by Gasteiger charge is 2.36. The second kappa shape index (κ2) is 7.90. The van der Waals surface area contributed by atoms with Gasteiger partial charge >= 0.3 is 0 Å². The van der Waals surface area contributed by atoms with E-state index in [1.165, 1.54) is 0 Å². The van der Waals surface area contributed by atoms with Gasteiger partial charge in [0, 0.05) is 6.54 Å². The SMILES string of the molecule is NC(Cc1ccccc1)C(=O)NCCON1C(=O)c2ccccc2C1=O. The van der Waals surface area contributed by atoms with Gasteiger partial charge in [-0.1, -0.05) is 42.5 Å². The van der Waals surface area contributed by atoms with Crippen LogP contribution in [-0.2, 0) is 16.1 Å². The average Bonchev–Trinajstić information content (AvgIpc) is 2.90. The summed E-state index contributed by atoms with van der Waals surface area (Å²) in [6, 6.07) is 15.3. The van der Waals surface area contributed by atoms with Crippen LogP contribution in [-0.4, -0.2) is 42.0 Å².